The second kappa shape index (κ2) is 5.49. The Morgan fingerprint density at radius 3 is 3.00 bits per heavy atom. The number of aryl methyl sites for hydroxylation is 2. The van der Waals surface area contributed by atoms with E-state index in [-0.39, 0.29) is 0 Å². The van der Waals surface area contributed by atoms with Gasteiger partial charge in [0.2, 0.25) is 0 Å². The predicted molar refractivity (Wildman–Crippen MR) is 69.8 cm³/mol. The topological polar surface area (TPSA) is 12.0 Å². The highest BCUT2D eigenvalue weighted by Crippen LogP contribution is 2.29. The van der Waals surface area contributed by atoms with Gasteiger partial charge in [0, 0.05) is 6.04 Å². The number of fused-ring (bicyclic) bond motifs is 1. The van der Waals surface area contributed by atoms with Crippen LogP contribution in [0.15, 0.2) is 18.2 Å². The molecule has 0 saturated heterocycles. The van der Waals surface area contributed by atoms with Crippen LogP contribution < -0.4 is 5.32 Å². The molecule has 0 saturated carbocycles. The number of nitrogens with one attached hydrogen (secondary N) is 1. The molecule has 0 aliphatic heterocycles. The Bertz CT molecular complexity index is 343. The summed E-state index contributed by atoms with van der Waals surface area (Å²) >= 11 is 0. The minimum Gasteiger partial charge on any atom is -0.310 e. The highest BCUT2D eigenvalue weighted by atomic mass is 14.9. The van der Waals surface area contributed by atoms with Crippen molar-refractivity contribution in [3.63, 3.8) is 0 Å². The first-order valence-corrected chi connectivity index (χ1v) is 6.64. The predicted octanol–water partition coefficient (Wildman–Crippen LogP) is 3.76. The molecule has 0 spiro atoms. The normalized spacial score (nSPS) is 20.2. The minimum absolute atomic E-state index is 0.595. The summed E-state index contributed by atoms with van der Waals surface area (Å²) in [4.78, 5) is 0. The van der Waals surface area contributed by atoms with Gasteiger partial charge < -0.3 is 5.32 Å². The van der Waals surface area contributed by atoms with Gasteiger partial charge in [-0.2, -0.15) is 0 Å². The van der Waals surface area contributed by atoms with Crippen molar-refractivity contribution >= 4 is 0 Å². The van der Waals surface area contributed by atoms with Gasteiger partial charge in [-0.25, -0.2) is 0 Å². The molecule has 0 radical (unpaired) electrons. The first-order valence-electron chi connectivity index (χ1n) is 6.64. The van der Waals surface area contributed by atoms with Gasteiger partial charge in [0.05, 0.1) is 0 Å². The van der Waals surface area contributed by atoms with Gasteiger partial charge in [-0.15, -0.1) is 0 Å². The fraction of sp³-hybridized carbons (Fsp3) is 0.600. The molecule has 0 amide bonds. The van der Waals surface area contributed by atoms with Crippen molar-refractivity contribution in [1.82, 2.24) is 5.32 Å². The van der Waals surface area contributed by atoms with Crippen LogP contribution in [-0.2, 0) is 6.42 Å². The molecule has 1 N–H and O–H groups in total. The van der Waals surface area contributed by atoms with E-state index in [9.17, 15) is 0 Å². The lowest BCUT2D eigenvalue weighted by atomic mass is 9.97. The monoisotopic (exact) mass is 217 g/mol. The van der Waals surface area contributed by atoms with Gasteiger partial charge in [0.1, 0.15) is 0 Å². The summed E-state index contributed by atoms with van der Waals surface area (Å²) in [6.07, 6.45) is 6.49. The summed E-state index contributed by atoms with van der Waals surface area (Å²) < 4.78 is 0. The van der Waals surface area contributed by atoms with Gasteiger partial charge in [-0.05, 0) is 50.3 Å². The van der Waals surface area contributed by atoms with Crippen molar-refractivity contribution in [2.45, 2.75) is 52.0 Å². The lowest BCUT2D eigenvalue weighted by Crippen LogP contribution is -2.22. The number of rotatable bonds is 3. The fourth-order valence-electron chi connectivity index (χ4n) is 2.62. The van der Waals surface area contributed by atoms with Crippen molar-refractivity contribution in [3.8, 4) is 0 Å². The third-order valence-corrected chi connectivity index (χ3v) is 3.51. The zero-order valence-electron chi connectivity index (χ0n) is 10.6. The zero-order valence-corrected chi connectivity index (χ0v) is 10.6. The van der Waals surface area contributed by atoms with Crippen molar-refractivity contribution in [2.24, 2.45) is 0 Å². The van der Waals surface area contributed by atoms with E-state index >= 15 is 0 Å². The van der Waals surface area contributed by atoms with E-state index in [1.54, 1.807) is 11.1 Å². The van der Waals surface area contributed by atoms with Crippen LogP contribution in [0.3, 0.4) is 0 Å². The first kappa shape index (κ1) is 11.7. The van der Waals surface area contributed by atoms with Crippen LogP contribution >= 0.6 is 0 Å². The molecular weight excluding hydrogens is 194 g/mol. The number of hydrogen-bond donors (Lipinski definition) is 1. The van der Waals surface area contributed by atoms with Crippen LogP contribution in [0.4, 0.5) is 0 Å². The van der Waals surface area contributed by atoms with E-state index in [0.29, 0.717) is 6.04 Å². The zero-order chi connectivity index (χ0) is 11.4. The Morgan fingerprint density at radius 2 is 2.19 bits per heavy atom. The Morgan fingerprint density at radius 1 is 1.31 bits per heavy atom. The Kier molecular flexibility index (Phi) is 4.00. The Hall–Kier alpha value is -0.820. The van der Waals surface area contributed by atoms with Gasteiger partial charge in [0.15, 0.2) is 0 Å². The average Bonchev–Trinajstić information content (AvgIpc) is 2.48. The molecule has 0 fully saturated rings. The quantitative estimate of drug-likeness (QED) is 0.760. The van der Waals surface area contributed by atoms with Crippen molar-refractivity contribution < 1.29 is 0 Å². The van der Waals surface area contributed by atoms with Crippen LogP contribution in [0.1, 0.15) is 55.3 Å². The minimum atomic E-state index is 0.595. The maximum atomic E-state index is 3.69. The summed E-state index contributed by atoms with van der Waals surface area (Å²) in [6, 6.07) is 7.56. The molecule has 1 unspecified atom stereocenters. The van der Waals surface area contributed by atoms with Crippen LogP contribution in [0.2, 0.25) is 0 Å². The fourth-order valence-corrected chi connectivity index (χ4v) is 2.62. The molecular formula is C15H23N. The van der Waals surface area contributed by atoms with E-state index in [1.165, 1.54) is 37.7 Å². The maximum absolute atomic E-state index is 3.69. The molecule has 0 aromatic heterocycles. The summed E-state index contributed by atoms with van der Waals surface area (Å²) in [5.74, 6) is 0. The molecule has 1 aromatic rings. The second-order valence-electron chi connectivity index (χ2n) is 4.95. The van der Waals surface area contributed by atoms with Gasteiger partial charge in [0.25, 0.3) is 0 Å². The van der Waals surface area contributed by atoms with E-state index in [1.807, 2.05) is 0 Å². The summed E-state index contributed by atoms with van der Waals surface area (Å²) in [5, 5.41) is 3.69. The summed E-state index contributed by atoms with van der Waals surface area (Å²) in [7, 11) is 0. The summed E-state index contributed by atoms with van der Waals surface area (Å²) in [5.41, 5.74) is 4.52. The molecule has 88 valence electrons. The molecule has 1 aliphatic rings. The van der Waals surface area contributed by atoms with Gasteiger partial charge >= 0.3 is 0 Å². The molecule has 1 heteroatoms. The SMILES string of the molecule is CCCNC1CCCCc2ccc(C)cc21. The standard InChI is InChI=1S/C15H23N/c1-3-10-16-15-7-5-4-6-13-9-8-12(2)11-14(13)15/h8-9,11,15-16H,3-7,10H2,1-2H3. The summed E-state index contributed by atoms with van der Waals surface area (Å²) in [6.45, 7) is 5.57. The van der Waals surface area contributed by atoms with E-state index in [4.69, 9.17) is 0 Å². The second-order valence-corrected chi connectivity index (χ2v) is 4.95. The van der Waals surface area contributed by atoms with Crippen LogP contribution in [0, 0.1) is 6.92 Å². The average molecular weight is 217 g/mol. The molecule has 2 rings (SSSR count). The van der Waals surface area contributed by atoms with Crippen LogP contribution in [-0.4, -0.2) is 6.54 Å². The lowest BCUT2D eigenvalue weighted by Gasteiger charge is -2.19. The van der Waals surface area contributed by atoms with Crippen LogP contribution in [0.25, 0.3) is 0 Å². The number of hydrogen-bond acceptors (Lipinski definition) is 1. The van der Waals surface area contributed by atoms with Gasteiger partial charge in [-0.1, -0.05) is 37.1 Å². The molecule has 1 aliphatic carbocycles. The molecule has 0 heterocycles. The highest BCUT2D eigenvalue weighted by molar-refractivity contribution is 5.34. The van der Waals surface area contributed by atoms with Crippen LogP contribution in [0.5, 0.6) is 0 Å². The lowest BCUT2D eigenvalue weighted by molar-refractivity contribution is 0.489. The maximum Gasteiger partial charge on any atom is 0.0323 e. The largest absolute Gasteiger partial charge is 0.310 e. The molecule has 0 bridgehead atoms. The van der Waals surface area contributed by atoms with E-state index < -0.39 is 0 Å². The Labute approximate surface area is 99.3 Å². The molecule has 16 heavy (non-hydrogen) atoms. The first-order chi connectivity index (χ1) is 7.81. The molecule has 1 atom stereocenters. The third-order valence-electron chi connectivity index (χ3n) is 3.51. The molecule has 1 nitrogen and oxygen atoms in total. The highest BCUT2D eigenvalue weighted by Gasteiger charge is 2.17. The van der Waals surface area contributed by atoms with Crippen molar-refractivity contribution in [2.75, 3.05) is 6.54 Å². The molecule has 1 aromatic carbocycles. The van der Waals surface area contributed by atoms with Gasteiger partial charge in [-0.3, -0.25) is 0 Å². The van der Waals surface area contributed by atoms with Crippen molar-refractivity contribution in [1.29, 1.82) is 0 Å². The third kappa shape index (κ3) is 2.65. The number of benzene rings is 1. The van der Waals surface area contributed by atoms with Crippen molar-refractivity contribution in [3.05, 3.63) is 34.9 Å². The van der Waals surface area contributed by atoms with E-state index in [2.05, 4.69) is 37.4 Å². The van der Waals surface area contributed by atoms with E-state index in [0.717, 1.165) is 6.54 Å². The Balaban J connectivity index is 2.24. The smallest absolute Gasteiger partial charge is 0.0323 e.